The molecular weight excluding hydrogens is 728 g/mol. The smallest absolute Gasteiger partial charge is 0.187 e. The van der Waals surface area contributed by atoms with E-state index in [1.165, 1.54) is 11.1 Å². The fraction of sp³-hybridized carbons (Fsp3) is 0.829. The summed E-state index contributed by atoms with van der Waals surface area (Å²) in [6.07, 6.45) is -16.4. The van der Waals surface area contributed by atoms with Gasteiger partial charge in [0, 0.05) is 31.2 Å². The summed E-state index contributed by atoms with van der Waals surface area (Å²) in [7, 11) is 0. The Kier molecular flexibility index (Phi) is 14.9. The van der Waals surface area contributed by atoms with Crippen molar-refractivity contribution in [2.75, 3.05) is 32.9 Å². The van der Waals surface area contributed by atoms with E-state index in [1.807, 2.05) is 12.1 Å². The monoisotopic (exact) mass is 788 g/mol. The summed E-state index contributed by atoms with van der Waals surface area (Å²) in [6, 6.07) is 4.11. The average Bonchev–Trinajstić information content (AvgIpc) is 3.51. The number of hydrogen-bond acceptors (Lipinski definition) is 20. The van der Waals surface area contributed by atoms with Gasteiger partial charge in [0.25, 0.3) is 0 Å². The van der Waals surface area contributed by atoms with E-state index in [0.717, 1.165) is 19.3 Å². The number of rotatable bonds is 14. The summed E-state index contributed by atoms with van der Waals surface area (Å²) in [5.41, 5.74) is 33.5. The van der Waals surface area contributed by atoms with E-state index in [-0.39, 0.29) is 25.6 Å². The van der Waals surface area contributed by atoms with Gasteiger partial charge >= 0.3 is 0 Å². The third kappa shape index (κ3) is 9.19. The molecule has 3 heterocycles. The van der Waals surface area contributed by atoms with E-state index >= 15 is 0 Å². The lowest BCUT2D eigenvalue weighted by Gasteiger charge is -2.47. The lowest BCUT2D eigenvalue weighted by Crippen LogP contribution is -2.68. The number of ether oxygens (including phenoxy) is 7. The van der Waals surface area contributed by atoms with E-state index in [4.69, 9.17) is 61.8 Å². The summed E-state index contributed by atoms with van der Waals surface area (Å²) in [6.45, 7) is -0.888. The molecule has 0 spiro atoms. The van der Waals surface area contributed by atoms with Crippen LogP contribution in [0.1, 0.15) is 36.4 Å². The van der Waals surface area contributed by atoms with Crippen molar-refractivity contribution in [1.29, 1.82) is 0 Å². The molecule has 3 saturated heterocycles. The summed E-state index contributed by atoms with van der Waals surface area (Å²) >= 11 is 0. The third-order valence-electron chi connectivity index (χ3n) is 11.5. The first kappa shape index (κ1) is 43.0. The quantitative estimate of drug-likeness (QED) is 0.0780. The fourth-order valence-electron chi connectivity index (χ4n) is 8.25. The molecule has 20 atom stereocenters. The summed E-state index contributed by atoms with van der Waals surface area (Å²) in [5.74, 6) is 0. The van der Waals surface area contributed by atoms with Gasteiger partial charge in [-0.05, 0) is 36.8 Å². The Morgan fingerprint density at radius 3 is 1.95 bits per heavy atom. The molecule has 0 amide bonds. The highest BCUT2D eigenvalue weighted by molar-refractivity contribution is 5.32. The van der Waals surface area contributed by atoms with Crippen LogP contribution in [0.25, 0.3) is 0 Å². The molecule has 1 aromatic rings. The first-order chi connectivity index (χ1) is 26.4. The van der Waals surface area contributed by atoms with Gasteiger partial charge in [-0.2, -0.15) is 0 Å². The van der Waals surface area contributed by atoms with E-state index in [1.54, 1.807) is 0 Å². The molecule has 4 fully saturated rings. The summed E-state index contributed by atoms with van der Waals surface area (Å²) in [5, 5.41) is 77.2. The van der Waals surface area contributed by atoms with E-state index in [9.17, 15) is 35.7 Å². The molecule has 0 aromatic heterocycles. The molecule has 5 aliphatic rings. The second-order valence-electron chi connectivity index (χ2n) is 15.1. The molecule has 1 unspecified atom stereocenters. The van der Waals surface area contributed by atoms with Gasteiger partial charge < -0.3 is 103 Å². The van der Waals surface area contributed by atoms with Gasteiger partial charge in [0.2, 0.25) is 0 Å². The van der Waals surface area contributed by atoms with Gasteiger partial charge in [0.05, 0.1) is 38.0 Å². The van der Waals surface area contributed by atoms with Crippen molar-refractivity contribution in [2.24, 2.45) is 28.7 Å². The van der Waals surface area contributed by atoms with Gasteiger partial charge in [0.15, 0.2) is 18.9 Å². The zero-order chi connectivity index (χ0) is 39.6. The number of hydrogen-bond donors (Lipinski definition) is 13. The first-order valence-electron chi connectivity index (χ1n) is 19.1. The first-order valence-corrected chi connectivity index (χ1v) is 19.1. The molecule has 1 aromatic carbocycles. The van der Waals surface area contributed by atoms with Gasteiger partial charge in [-0.3, -0.25) is 0 Å². The Bertz CT molecular complexity index is 1360. The highest BCUT2D eigenvalue weighted by atomic mass is 16.8. The standard InChI is InChI=1S/C35H60N6O14/c36-11-19-25(45)27(47)22(39)33(50-19)54-30-21(13-43)52-35(32(30)49-9-8-41-18-7-3-5-14-4-1-2-6-15(14)18)55-31-24(44)16(37)10-17(38)29(31)53-34-23(40)28(48)26(46)20(12-42)51-34/h1-2,4,6,16-35,41-48H,3,5,7-13,36-40H2/t16-,17+,18?,19+,20-,21-,22-,23-,24+,25-,26-,27-,28-,29-,30-,31-,32-,33-,34-,35+/m1/s1. The predicted molar refractivity (Wildman–Crippen MR) is 190 cm³/mol. The van der Waals surface area contributed by atoms with Crippen molar-refractivity contribution in [3.63, 3.8) is 0 Å². The molecular formula is C35H60N6O14. The van der Waals surface area contributed by atoms with Crippen molar-refractivity contribution in [3.05, 3.63) is 35.4 Å². The van der Waals surface area contributed by atoms with Crippen LogP contribution in [0.3, 0.4) is 0 Å². The molecule has 20 heteroatoms. The zero-order valence-corrected chi connectivity index (χ0v) is 30.6. The molecule has 0 bridgehead atoms. The van der Waals surface area contributed by atoms with Crippen molar-refractivity contribution in [3.8, 4) is 0 Å². The normalized spacial score (nSPS) is 46.4. The minimum atomic E-state index is -1.52. The number of nitrogens with one attached hydrogen (secondary N) is 1. The van der Waals surface area contributed by atoms with Crippen molar-refractivity contribution in [2.45, 2.75) is 148 Å². The topological polar surface area (TPSA) is 348 Å². The van der Waals surface area contributed by atoms with Crippen molar-refractivity contribution >= 4 is 0 Å². The Morgan fingerprint density at radius 1 is 0.673 bits per heavy atom. The van der Waals surface area contributed by atoms with Gasteiger partial charge in [0.1, 0.15) is 67.1 Å². The van der Waals surface area contributed by atoms with Gasteiger partial charge in [-0.25, -0.2) is 0 Å². The number of aliphatic hydroxyl groups is 7. The number of nitrogens with two attached hydrogens (primary N) is 5. The van der Waals surface area contributed by atoms with Crippen LogP contribution in [0.15, 0.2) is 24.3 Å². The highest BCUT2D eigenvalue weighted by Crippen LogP contribution is 2.36. The maximum atomic E-state index is 11.4. The lowest BCUT2D eigenvalue weighted by atomic mass is 9.84. The predicted octanol–water partition coefficient (Wildman–Crippen LogP) is -6.17. The maximum absolute atomic E-state index is 11.4. The van der Waals surface area contributed by atoms with Crippen LogP contribution >= 0.6 is 0 Å². The molecule has 55 heavy (non-hydrogen) atoms. The van der Waals surface area contributed by atoms with Crippen molar-refractivity contribution in [1.82, 2.24) is 5.32 Å². The van der Waals surface area contributed by atoms with Crippen LogP contribution < -0.4 is 34.0 Å². The highest BCUT2D eigenvalue weighted by Gasteiger charge is 2.55. The van der Waals surface area contributed by atoms with Crippen LogP contribution in [-0.2, 0) is 39.6 Å². The fourth-order valence-corrected chi connectivity index (χ4v) is 8.25. The molecule has 6 rings (SSSR count). The number of fused-ring (bicyclic) bond motifs is 1. The van der Waals surface area contributed by atoms with Crippen molar-refractivity contribution < 1.29 is 68.9 Å². The second-order valence-corrected chi connectivity index (χ2v) is 15.1. The van der Waals surface area contributed by atoms with E-state index in [2.05, 4.69) is 17.4 Å². The number of benzene rings is 1. The second kappa shape index (κ2) is 19.0. The zero-order valence-electron chi connectivity index (χ0n) is 30.6. The third-order valence-corrected chi connectivity index (χ3v) is 11.5. The van der Waals surface area contributed by atoms with Crippen LogP contribution in [-0.4, -0.2) is 185 Å². The van der Waals surface area contributed by atoms with Crippen LogP contribution in [0.2, 0.25) is 0 Å². The Hall–Kier alpha value is -1.58. The molecule has 3 aliphatic heterocycles. The van der Waals surface area contributed by atoms with E-state index < -0.39 is 129 Å². The van der Waals surface area contributed by atoms with Crippen LogP contribution in [0, 0.1) is 0 Å². The van der Waals surface area contributed by atoms with E-state index in [0.29, 0.717) is 6.54 Å². The SMILES string of the molecule is NC[C@@H]1O[C@H](O[C@H]2[C@@H](OCCNC3CCCc4ccccc43)[C@H](O[C@@H]3[C@@H](O)[C@H](N)C[C@H](N)[C@H]3O[C@H]3O[C@H](CO)[C@@H](O)[C@H](O)[C@H]3N)O[C@@H]2CO)[C@H](N)[C@@H](O)[C@@H]1O. The molecule has 0 radical (unpaired) electrons. The molecule has 314 valence electrons. The molecule has 1 saturated carbocycles. The maximum Gasteiger partial charge on any atom is 0.187 e. The molecule has 20 nitrogen and oxygen atoms in total. The largest absolute Gasteiger partial charge is 0.394 e. The molecule has 18 N–H and O–H groups in total. The van der Waals surface area contributed by atoms with Crippen LogP contribution in [0.4, 0.5) is 0 Å². The molecule has 2 aliphatic carbocycles. The minimum absolute atomic E-state index is 0.0854. The average molecular weight is 789 g/mol. The van der Waals surface area contributed by atoms with Crippen LogP contribution in [0.5, 0.6) is 0 Å². The number of aryl methyl sites for hydroxylation is 1. The lowest BCUT2D eigenvalue weighted by molar-refractivity contribution is -0.312. The summed E-state index contributed by atoms with van der Waals surface area (Å²) in [4.78, 5) is 0. The Labute approximate surface area is 319 Å². The Balaban J connectivity index is 1.23. The Morgan fingerprint density at radius 2 is 1.27 bits per heavy atom. The van der Waals surface area contributed by atoms with Gasteiger partial charge in [-0.15, -0.1) is 0 Å². The summed E-state index contributed by atoms with van der Waals surface area (Å²) < 4.78 is 43.0. The number of aliphatic hydroxyl groups excluding tert-OH is 7. The van der Waals surface area contributed by atoms with Gasteiger partial charge in [-0.1, -0.05) is 24.3 Å². The minimum Gasteiger partial charge on any atom is -0.394 e.